The van der Waals surface area contributed by atoms with E-state index in [0.29, 0.717) is 17.1 Å². The number of Topliss-reactive ketones (excluding diaryl/α,β-unsaturated/α-hetero) is 3. The van der Waals surface area contributed by atoms with Crippen molar-refractivity contribution in [1.29, 1.82) is 0 Å². The summed E-state index contributed by atoms with van der Waals surface area (Å²) in [6.45, 7) is 6.98. The number of nitrogens with zero attached hydrogens (tertiary/aromatic N) is 1. The zero-order chi connectivity index (χ0) is 107. The second kappa shape index (κ2) is 55.9. The van der Waals surface area contributed by atoms with E-state index in [0.717, 1.165) is 48.4 Å². The van der Waals surface area contributed by atoms with Gasteiger partial charge in [-0.05, 0) is 58.2 Å². The maximum absolute atomic E-state index is 13.3. The molecule has 0 amide bonds. The Kier molecular flexibility index (Phi) is 47.4. The lowest BCUT2D eigenvalue weighted by Gasteiger charge is -2.50. The molecule has 24 heterocycles. The third kappa shape index (κ3) is 31.7. The van der Waals surface area contributed by atoms with Crippen LogP contribution in [0.5, 0.6) is 0 Å². The van der Waals surface area contributed by atoms with Gasteiger partial charge < -0.3 is 219 Å². The van der Waals surface area contributed by atoms with Crippen molar-refractivity contribution >= 4 is 83.7 Å². The van der Waals surface area contributed by atoms with Crippen molar-refractivity contribution < 1.29 is 241 Å². The van der Waals surface area contributed by atoms with Gasteiger partial charge in [0.05, 0.1) is 132 Å². The number of nitrogens with one attached hydrogen (secondary N) is 2. The maximum atomic E-state index is 13.3. The number of aromatic nitrogens is 1. The topological polar surface area (TPSA) is 837 Å². The number of hydrogen-bond donors (Lipinski definition) is 27. The molecule has 834 valence electrons. The van der Waals surface area contributed by atoms with E-state index in [9.17, 15) is 156 Å². The number of carbonyl (C=O) groups is 6. The first-order valence-corrected chi connectivity index (χ1v) is 52.9. The van der Waals surface area contributed by atoms with Crippen LogP contribution in [0.4, 0.5) is 0 Å². The minimum Gasteiger partial charge on any atom is -0.481 e. The van der Waals surface area contributed by atoms with Crippen molar-refractivity contribution in [3.63, 3.8) is 0 Å². The van der Waals surface area contributed by atoms with Crippen LogP contribution in [0.3, 0.4) is 0 Å². The number of hydrogen-bond acceptors (Lipinski definition) is 52. The Balaban J connectivity index is 0.000000426. The molecule has 23 fully saturated rings. The number of esters is 1. The molecular formula is C88H145N4O49PS3. The summed E-state index contributed by atoms with van der Waals surface area (Å²) in [6.07, 6.45) is -71.9. The molecule has 14 bridgehead atoms. The maximum Gasteiger partial charge on any atom is 0.321 e. The van der Waals surface area contributed by atoms with Gasteiger partial charge in [0.1, 0.15) is 193 Å². The van der Waals surface area contributed by atoms with Gasteiger partial charge in [0.2, 0.25) is 0 Å². The van der Waals surface area contributed by atoms with Crippen LogP contribution in [-0.2, 0) is 125 Å². The molecule has 0 saturated carbocycles. The van der Waals surface area contributed by atoms with Crippen LogP contribution in [-0.4, -0.2) is 516 Å². The molecule has 0 radical (unpaired) electrons. The summed E-state index contributed by atoms with van der Waals surface area (Å²) >= 11 is 3.00. The quantitative estimate of drug-likeness (QED) is 0.0132. The van der Waals surface area contributed by atoms with Crippen LogP contribution in [0, 0.1) is 23.2 Å². The number of ketones is 3. The van der Waals surface area contributed by atoms with Crippen molar-refractivity contribution in [2.24, 2.45) is 28.9 Å². The number of carboxylic acid groups (broad SMARTS) is 2. The van der Waals surface area contributed by atoms with E-state index in [1.165, 1.54) is 25.3 Å². The average molecular weight is 2170 g/mol. The van der Waals surface area contributed by atoms with Gasteiger partial charge in [0, 0.05) is 66.5 Å². The number of thioether (sulfide) groups is 2. The number of cyclic esters (lactones) is 1. The van der Waals surface area contributed by atoms with Gasteiger partial charge in [0.15, 0.2) is 44.0 Å². The minimum atomic E-state index is -3.53. The zero-order valence-electron chi connectivity index (χ0n) is 81.1. The fourth-order valence-electron chi connectivity index (χ4n) is 18.2. The highest BCUT2D eigenvalue weighted by atomic mass is 32.2. The predicted molar refractivity (Wildman–Crippen MR) is 493 cm³/mol. The summed E-state index contributed by atoms with van der Waals surface area (Å²) in [7, 11) is -2.18. The van der Waals surface area contributed by atoms with E-state index in [1.807, 2.05) is 32.2 Å². The van der Waals surface area contributed by atoms with E-state index in [-0.39, 0.29) is 111 Å². The Morgan fingerprint density at radius 3 is 1.29 bits per heavy atom. The highest BCUT2D eigenvalue weighted by Crippen LogP contribution is 2.47. The van der Waals surface area contributed by atoms with Gasteiger partial charge in [-0.15, -0.1) is 11.3 Å². The molecule has 0 spiro atoms. The smallest absolute Gasteiger partial charge is 0.321 e. The predicted octanol–water partition coefficient (Wildman–Crippen LogP) is -9.61. The molecular weight excluding hydrogens is 2020 g/mol. The molecule has 16 unspecified atom stereocenters. The van der Waals surface area contributed by atoms with Crippen LogP contribution < -0.4 is 16.1 Å². The summed E-state index contributed by atoms with van der Waals surface area (Å²) < 4.78 is 117. The molecule has 24 rings (SSSR count). The van der Waals surface area contributed by atoms with Gasteiger partial charge in [-0.3, -0.25) is 33.3 Å². The number of aliphatic hydroxyl groups is 21. The summed E-state index contributed by atoms with van der Waals surface area (Å²) in [5, 5.41) is 266. The number of nitrogens with two attached hydrogens (primary N) is 1. The first-order valence-electron chi connectivity index (χ1n) is 47.9. The van der Waals surface area contributed by atoms with Gasteiger partial charge >= 0.3 is 17.9 Å². The molecule has 45 atom stereocenters. The SMILES string of the molecule is C/C(=C\c1csc(CNP(=O)(O)CCN)n1)[C@H]1CC2O[C@@]2(C)CCC[C@@H](C)[C@@H](O)[C@H](C)C(=O)C(C)(C)[C@H](O)CC(=O)O1.CN[C@H](CSCC1O[C@H]2O[C@H]3C(CO)O[C@H](O[C@@H]4C(CO)O[C@H](O[C@@H]5C(CO)O[C@H](O[C@@H]6C(CSC[C@@H](CC(=O)CCOCCOCCC(C)=O)C(=O)O)O[C@H](O[C@@H]7C(CO)O[C@@H](O[C@H]8C(CO)O[C@@H](O[C@@H]1[C@H](O)C2O)C(O)[C@H]8O)C(O)[C@H]7O)C(O)[C@H]6O)C(O)[C@H]5O)C(O)[C@H]4O)C(O)[C@H]3O)C(=O)O. The number of likely N-dealkylation sites (N-methyl/N-ethyl adjacent to an activating group) is 1. The highest BCUT2D eigenvalue weighted by Gasteiger charge is 2.61. The average Bonchev–Trinajstić information content (AvgIpc) is 1.73. The number of carbonyl (C=O) groups excluding carboxylic acids is 4. The number of aliphatic hydroxyl groups excluding tert-OH is 21. The second-order valence-electron chi connectivity index (χ2n) is 38.4. The van der Waals surface area contributed by atoms with Crippen molar-refractivity contribution in [3.05, 3.63) is 21.7 Å². The Bertz CT molecular complexity index is 4290. The Morgan fingerprint density at radius 1 is 0.545 bits per heavy atom. The van der Waals surface area contributed by atoms with Crippen molar-refractivity contribution in [3.8, 4) is 0 Å². The van der Waals surface area contributed by atoms with Gasteiger partial charge in [-0.2, -0.15) is 23.5 Å². The summed E-state index contributed by atoms with van der Waals surface area (Å²) in [4.78, 5) is 89.5. The zero-order valence-corrected chi connectivity index (χ0v) is 84.4. The normalized spacial score (nSPS) is 42.0. The lowest BCUT2D eigenvalue weighted by Crippen LogP contribution is -2.68. The summed E-state index contributed by atoms with van der Waals surface area (Å²) in [6, 6.07) is -1.18. The molecule has 57 heteroatoms. The Morgan fingerprint density at radius 2 is 0.924 bits per heavy atom. The van der Waals surface area contributed by atoms with Crippen molar-refractivity contribution in [2.45, 2.75) is 357 Å². The number of thiazole rings is 1. The fourth-order valence-corrected chi connectivity index (χ4v) is 22.2. The number of ether oxygens (including phenoxy) is 18. The number of aliphatic carboxylic acids is 2. The van der Waals surface area contributed by atoms with E-state index >= 15 is 0 Å². The third-order valence-corrected chi connectivity index (χ3v) is 32.0. The van der Waals surface area contributed by atoms with E-state index < -0.39 is 333 Å². The fraction of sp³-hybridized carbons (Fsp3) is 0.875. The van der Waals surface area contributed by atoms with Gasteiger partial charge in [0.25, 0.3) is 7.52 Å². The summed E-state index contributed by atoms with van der Waals surface area (Å²) in [5.41, 5.74) is 5.11. The van der Waals surface area contributed by atoms with E-state index in [1.54, 1.807) is 20.8 Å². The van der Waals surface area contributed by atoms with Crippen molar-refractivity contribution in [2.75, 3.05) is 102 Å². The number of epoxide rings is 1. The van der Waals surface area contributed by atoms with Crippen LogP contribution in [0.2, 0.25) is 0 Å². The lowest BCUT2D eigenvalue weighted by molar-refractivity contribution is -0.395. The van der Waals surface area contributed by atoms with Crippen LogP contribution in [0.15, 0.2) is 11.0 Å². The summed E-state index contributed by atoms with van der Waals surface area (Å²) in [5.74, 6) is -7.83. The van der Waals surface area contributed by atoms with E-state index in [4.69, 9.17) is 91.0 Å². The van der Waals surface area contributed by atoms with Crippen LogP contribution in [0.1, 0.15) is 111 Å². The van der Waals surface area contributed by atoms with Crippen molar-refractivity contribution in [1.82, 2.24) is 15.4 Å². The lowest BCUT2D eigenvalue weighted by atomic mass is 9.73. The Labute approximate surface area is 846 Å². The van der Waals surface area contributed by atoms with Gasteiger partial charge in [-0.1, -0.05) is 34.1 Å². The molecule has 23 aliphatic heterocycles. The molecule has 1 aromatic heterocycles. The third-order valence-electron chi connectivity index (χ3n) is 27.3. The molecule has 28 N–H and O–H groups in total. The molecule has 0 aromatic carbocycles. The first-order chi connectivity index (χ1) is 68.5. The largest absolute Gasteiger partial charge is 0.481 e. The van der Waals surface area contributed by atoms with E-state index in [2.05, 4.69) is 15.4 Å². The molecule has 23 saturated heterocycles. The number of rotatable bonds is 34. The van der Waals surface area contributed by atoms with Crippen LogP contribution in [0.25, 0.3) is 6.08 Å². The monoisotopic (exact) mass is 2170 g/mol. The molecule has 145 heavy (non-hydrogen) atoms. The molecule has 1 aromatic rings. The molecule has 23 aliphatic rings. The number of carboxylic acids is 2. The number of fused-ring (bicyclic) bond motifs is 1. The first kappa shape index (κ1) is 123. The molecule has 53 nitrogen and oxygen atoms in total. The Hall–Kier alpha value is -3.96. The standard InChI is InChI=1S/C59H97NO41S2.C29H48N3O8PS/c1-19(66)3-5-86-7-8-87-6-4-21(67)9-20(51(82)83)15-102-17-28-49-35(73)42(80)58(93-28)98-47-26(13-64)89-55(38(76)31(47)69)97-46-25(12-63)92-57(41(79)34(46)72)101-50-29(18-103-16-22(60-2)52(84)85)94-59(43(81)36(50)74)99-48-27(14-65)90-54(39(77)32(48)70)95-44-23(10-61)88-53(37(75)30(44)68)96-45-24(11-62)91-56(100-49)40(78)33(45)71;1-17-8-7-9-29(6)23(40-29)13-21(39-25(34)14-22(33)28(4,5)27(36)19(3)26(17)35)18(2)12-20-16-42-24(32-20)15-31-41(37,38)11-10-30/h20,22-50,53-65,68-81H,3-18H2,1-2H3,(H,82,83)(H,84,85);12,16-17,19,21-23,26,33,35H,7-11,13-15,30H2,1-6H3,(H2,31,37,38)/b;18-12+/t20-,22-,23?,24?,25?,26?,27?,28?,29?,30-,31-,32-,33-,34-,35-,36-,37?,38?,39?,40?,41?,42?,43?,44-,45-,46+,47-,48+,49-,50+,53-,54-,55+,56-,57+,58-,59+;17-,19+,21-,22-,23?,26-,29+/m11/s1. The molecule has 0 aliphatic carbocycles. The second-order valence-corrected chi connectivity index (χ2v) is 43.7. The van der Waals surface area contributed by atoms with Gasteiger partial charge in [-0.25, -0.2) is 10.1 Å². The highest BCUT2D eigenvalue weighted by molar-refractivity contribution is 7.99. The minimum absolute atomic E-state index is 0.0283. The van der Waals surface area contributed by atoms with Crippen LogP contribution >= 0.6 is 42.4 Å².